The van der Waals surface area contributed by atoms with Gasteiger partial charge in [0.1, 0.15) is 12.1 Å². The molecule has 2 aliphatic rings. The fourth-order valence-electron chi connectivity index (χ4n) is 5.14. The normalized spacial score (nSPS) is 20.9. The van der Waals surface area contributed by atoms with Crippen LogP contribution in [0.2, 0.25) is 0 Å². The first-order valence-electron chi connectivity index (χ1n) is 13.6. The van der Waals surface area contributed by atoms with Gasteiger partial charge in [-0.15, -0.1) is 10.2 Å². The van der Waals surface area contributed by atoms with Gasteiger partial charge in [0.25, 0.3) is 0 Å². The van der Waals surface area contributed by atoms with Crippen LogP contribution in [-0.2, 0) is 36.9 Å². The van der Waals surface area contributed by atoms with Crippen molar-refractivity contribution in [1.82, 2.24) is 36.6 Å². The lowest BCUT2D eigenvalue weighted by atomic mass is 9.82. The molecule has 218 valence electrons. The first-order valence-corrected chi connectivity index (χ1v) is 13.6. The van der Waals surface area contributed by atoms with Crippen molar-refractivity contribution in [2.24, 2.45) is 17.8 Å². The lowest BCUT2D eigenvalue weighted by Crippen LogP contribution is -2.55. The fourth-order valence-corrected chi connectivity index (χ4v) is 5.14. The standard InChI is InChI=1S/C27H34N8O6/c1-3-15(2)23(30-24(37)17-9-5-6-10-18(17)27(40)41)26(39)29-14-22(36)35-19-11-7-4-8-16(19)12-20(35)25(38)28-13-21-31-33-34-32-21/h4-8,11,15,17-18,20,23H,3,9-10,12-14H2,1-2H3,(H,28,38)(H,29,39)(H,30,37)(H,40,41)(H,31,32,33,34)/t15-,17?,18?,20-,23-/m0/s1. The molecule has 14 nitrogen and oxygen atoms in total. The number of carboxylic acid groups (broad SMARTS) is 1. The molecule has 1 aliphatic heterocycles. The Kier molecular flexibility index (Phi) is 9.42. The number of anilines is 1. The number of carbonyl (C=O) groups is 5. The van der Waals surface area contributed by atoms with Crippen molar-refractivity contribution in [2.75, 3.05) is 11.4 Å². The fraction of sp³-hybridized carbons (Fsp3) is 0.481. The molecule has 5 N–H and O–H groups in total. The van der Waals surface area contributed by atoms with E-state index >= 15 is 0 Å². The largest absolute Gasteiger partial charge is 0.481 e. The molecule has 5 atom stereocenters. The molecular weight excluding hydrogens is 532 g/mol. The Bertz CT molecular complexity index is 1310. The maximum Gasteiger partial charge on any atom is 0.307 e. The number of benzene rings is 1. The minimum Gasteiger partial charge on any atom is -0.481 e. The van der Waals surface area contributed by atoms with Gasteiger partial charge in [0.2, 0.25) is 23.6 Å². The van der Waals surface area contributed by atoms with Crippen LogP contribution >= 0.6 is 0 Å². The van der Waals surface area contributed by atoms with Crippen LogP contribution in [0.4, 0.5) is 5.69 Å². The van der Waals surface area contributed by atoms with E-state index in [1.807, 2.05) is 19.1 Å². The van der Waals surface area contributed by atoms with E-state index in [0.717, 1.165) is 5.56 Å². The average Bonchev–Trinajstić information content (AvgIpc) is 3.65. The second-order valence-corrected chi connectivity index (χ2v) is 10.2. The van der Waals surface area contributed by atoms with E-state index in [2.05, 4.69) is 36.6 Å². The summed E-state index contributed by atoms with van der Waals surface area (Å²) in [5, 5.41) is 31.0. The van der Waals surface area contributed by atoms with Crippen LogP contribution in [0.25, 0.3) is 0 Å². The summed E-state index contributed by atoms with van der Waals surface area (Å²) in [6, 6.07) is 5.33. The number of rotatable bonds is 11. The Hall–Kier alpha value is -4.62. The molecule has 2 unspecified atom stereocenters. The van der Waals surface area contributed by atoms with E-state index in [9.17, 15) is 29.1 Å². The van der Waals surface area contributed by atoms with Gasteiger partial charge in [-0.2, -0.15) is 5.21 Å². The van der Waals surface area contributed by atoms with Gasteiger partial charge in [0, 0.05) is 12.1 Å². The maximum atomic E-state index is 13.4. The number of aliphatic carboxylic acids is 1. The third kappa shape index (κ3) is 6.76. The highest BCUT2D eigenvalue weighted by Gasteiger charge is 2.39. The number of nitrogens with one attached hydrogen (secondary N) is 4. The first kappa shape index (κ1) is 29.4. The van der Waals surface area contributed by atoms with Crippen LogP contribution < -0.4 is 20.9 Å². The van der Waals surface area contributed by atoms with Gasteiger partial charge in [-0.1, -0.05) is 55.8 Å². The molecule has 0 spiro atoms. The van der Waals surface area contributed by atoms with E-state index < -0.39 is 60.1 Å². The number of fused-ring (bicyclic) bond motifs is 1. The van der Waals surface area contributed by atoms with Crippen molar-refractivity contribution < 1.29 is 29.1 Å². The maximum absolute atomic E-state index is 13.4. The van der Waals surface area contributed by atoms with Crippen molar-refractivity contribution in [3.05, 3.63) is 47.8 Å². The Morgan fingerprint density at radius 2 is 1.80 bits per heavy atom. The van der Waals surface area contributed by atoms with Gasteiger partial charge in [-0.3, -0.25) is 28.9 Å². The second kappa shape index (κ2) is 13.2. The van der Waals surface area contributed by atoms with Crippen LogP contribution in [-0.4, -0.2) is 74.0 Å². The number of carboxylic acids is 1. The summed E-state index contributed by atoms with van der Waals surface area (Å²) < 4.78 is 0. The highest BCUT2D eigenvalue weighted by atomic mass is 16.4. The number of carbonyl (C=O) groups excluding carboxylic acids is 4. The summed E-state index contributed by atoms with van der Waals surface area (Å²) in [6.45, 7) is 3.28. The molecule has 14 heteroatoms. The molecule has 0 saturated heterocycles. The summed E-state index contributed by atoms with van der Waals surface area (Å²) in [4.78, 5) is 65.9. The number of amides is 4. The molecule has 2 aromatic rings. The van der Waals surface area contributed by atoms with Crippen LogP contribution in [0.1, 0.15) is 44.5 Å². The Balaban J connectivity index is 1.43. The van der Waals surface area contributed by atoms with Gasteiger partial charge >= 0.3 is 5.97 Å². The second-order valence-electron chi connectivity index (χ2n) is 10.2. The minimum absolute atomic E-state index is 0.0246. The molecule has 0 bridgehead atoms. The van der Waals surface area contributed by atoms with E-state index in [0.29, 0.717) is 18.5 Å². The Morgan fingerprint density at radius 1 is 1.07 bits per heavy atom. The highest BCUT2D eigenvalue weighted by molar-refractivity contribution is 6.05. The molecule has 2 heterocycles. The number of H-pyrrole nitrogens is 1. The molecular formula is C27H34N8O6. The summed E-state index contributed by atoms with van der Waals surface area (Å²) in [5.41, 5.74) is 1.38. The molecule has 0 radical (unpaired) electrons. The number of para-hydroxylation sites is 1. The van der Waals surface area contributed by atoms with E-state index in [1.54, 1.807) is 31.2 Å². The molecule has 41 heavy (non-hydrogen) atoms. The van der Waals surface area contributed by atoms with Crippen molar-refractivity contribution in [1.29, 1.82) is 0 Å². The number of allylic oxidation sites excluding steroid dienone is 2. The van der Waals surface area contributed by atoms with E-state index in [1.165, 1.54) is 4.90 Å². The SMILES string of the molecule is CC[C@H](C)[C@H](NC(=O)C1CC=CCC1C(=O)O)C(=O)NCC(=O)N1c2ccccc2C[C@H]1C(=O)NCc1nn[nH]n1. The Labute approximate surface area is 236 Å². The highest BCUT2D eigenvalue weighted by Crippen LogP contribution is 2.32. The molecule has 1 aromatic heterocycles. The number of hydrogen-bond donors (Lipinski definition) is 5. The molecule has 0 fully saturated rings. The first-order chi connectivity index (χ1) is 19.7. The summed E-state index contributed by atoms with van der Waals surface area (Å²) >= 11 is 0. The predicted molar refractivity (Wildman–Crippen MR) is 145 cm³/mol. The molecule has 0 saturated carbocycles. The van der Waals surface area contributed by atoms with Crippen LogP contribution in [0.5, 0.6) is 0 Å². The number of tetrazole rings is 1. The van der Waals surface area contributed by atoms with Gasteiger partial charge in [0.05, 0.1) is 24.9 Å². The van der Waals surface area contributed by atoms with Gasteiger partial charge < -0.3 is 21.1 Å². The zero-order valence-corrected chi connectivity index (χ0v) is 22.9. The molecule has 1 aliphatic carbocycles. The number of aromatic nitrogens is 4. The quantitative estimate of drug-likeness (QED) is 0.234. The topological polar surface area (TPSA) is 199 Å². The van der Waals surface area contributed by atoms with Crippen LogP contribution in [0.15, 0.2) is 36.4 Å². The number of nitrogens with zero attached hydrogens (tertiary/aromatic N) is 4. The molecule has 4 rings (SSSR count). The van der Waals surface area contributed by atoms with Gasteiger partial charge in [-0.05, 0) is 30.4 Å². The zero-order valence-electron chi connectivity index (χ0n) is 22.9. The summed E-state index contributed by atoms with van der Waals surface area (Å²) in [6.07, 6.45) is 4.86. The summed E-state index contributed by atoms with van der Waals surface area (Å²) in [7, 11) is 0. The van der Waals surface area contributed by atoms with Crippen molar-refractivity contribution in [3.63, 3.8) is 0 Å². The van der Waals surface area contributed by atoms with Gasteiger partial charge in [-0.25, -0.2) is 0 Å². The van der Waals surface area contributed by atoms with Crippen molar-refractivity contribution in [2.45, 2.75) is 58.2 Å². The lowest BCUT2D eigenvalue weighted by Gasteiger charge is -2.29. The summed E-state index contributed by atoms with van der Waals surface area (Å²) in [5.74, 6) is -4.72. The number of hydrogen-bond acceptors (Lipinski definition) is 8. The third-order valence-corrected chi connectivity index (χ3v) is 7.65. The lowest BCUT2D eigenvalue weighted by molar-refractivity contribution is -0.147. The monoisotopic (exact) mass is 566 g/mol. The number of aromatic amines is 1. The third-order valence-electron chi connectivity index (χ3n) is 7.65. The Morgan fingerprint density at radius 3 is 2.49 bits per heavy atom. The van der Waals surface area contributed by atoms with Crippen molar-refractivity contribution >= 4 is 35.3 Å². The molecule has 4 amide bonds. The predicted octanol–water partition coefficient (Wildman–Crippen LogP) is 0.0879. The zero-order chi connectivity index (χ0) is 29.5. The van der Waals surface area contributed by atoms with Crippen LogP contribution in [0.3, 0.4) is 0 Å². The van der Waals surface area contributed by atoms with E-state index in [-0.39, 0.29) is 31.1 Å². The van der Waals surface area contributed by atoms with Crippen LogP contribution in [0, 0.1) is 17.8 Å². The van der Waals surface area contributed by atoms with Gasteiger partial charge in [0.15, 0.2) is 5.82 Å². The smallest absolute Gasteiger partial charge is 0.307 e. The molecule has 1 aromatic carbocycles. The van der Waals surface area contributed by atoms with E-state index in [4.69, 9.17) is 0 Å². The minimum atomic E-state index is -1.06. The average molecular weight is 567 g/mol. The van der Waals surface area contributed by atoms with Crippen molar-refractivity contribution in [3.8, 4) is 0 Å².